The summed E-state index contributed by atoms with van der Waals surface area (Å²) >= 11 is 0. The van der Waals surface area contributed by atoms with Crippen LogP contribution < -0.4 is 0 Å². The average molecular weight is 356 g/mol. The van der Waals surface area contributed by atoms with Gasteiger partial charge in [-0.05, 0) is 38.0 Å². The first-order chi connectivity index (χ1) is 12.4. The highest BCUT2D eigenvalue weighted by atomic mass is 16.6. The van der Waals surface area contributed by atoms with E-state index >= 15 is 0 Å². The van der Waals surface area contributed by atoms with Crippen molar-refractivity contribution in [3.63, 3.8) is 0 Å². The normalized spacial score (nSPS) is 30.0. The number of carbonyl (C=O) groups excluding carboxylic acids is 3. The fourth-order valence-electron chi connectivity index (χ4n) is 3.79. The van der Waals surface area contributed by atoms with Crippen LogP contribution in [0.2, 0.25) is 0 Å². The third kappa shape index (κ3) is 2.96. The van der Waals surface area contributed by atoms with Crippen LogP contribution in [-0.2, 0) is 23.9 Å². The largest absolute Gasteiger partial charge is 0.464 e. The van der Waals surface area contributed by atoms with Crippen LogP contribution in [0.3, 0.4) is 0 Å². The van der Waals surface area contributed by atoms with Crippen LogP contribution in [0, 0.1) is 11.8 Å². The molecule has 0 aromatic rings. The van der Waals surface area contributed by atoms with Gasteiger partial charge in [-0.15, -0.1) is 0 Å². The van der Waals surface area contributed by atoms with Crippen LogP contribution in [0.15, 0.2) is 47.5 Å². The number of unbranched alkanes of at least 4 members (excludes halogenated alkanes) is 2. The maximum atomic E-state index is 13.0. The van der Waals surface area contributed by atoms with Crippen molar-refractivity contribution in [1.82, 2.24) is 0 Å². The molecule has 3 rings (SSSR count). The highest BCUT2D eigenvalue weighted by molar-refractivity contribution is 6.13. The number of Topliss-reactive ketones (excluding diaryl/α,β-unsaturated/α-hetero) is 2. The van der Waals surface area contributed by atoms with E-state index in [-0.39, 0.29) is 11.6 Å². The average Bonchev–Trinajstić information content (AvgIpc) is 2.86. The summed E-state index contributed by atoms with van der Waals surface area (Å²) in [5.74, 6) is -1.93. The zero-order chi connectivity index (χ0) is 18.9. The molecule has 0 aromatic heterocycles. The molecule has 26 heavy (non-hydrogen) atoms. The number of allylic oxidation sites excluding steroid dienone is 4. The van der Waals surface area contributed by atoms with Crippen LogP contribution in [0.5, 0.6) is 0 Å². The lowest BCUT2D eigenvalue weighted by Crippen LogP contribution is -2.46. The Hall–Kier alpha value is -2.43. The molecule has 0 spiro atoms. The molecule has 1 aliphatic carbocycles. The number of hydrogen-bond acceptors (Lipinski definition) is 5. The standard InChI is InChI=1S/C21H24O5/c1-4-6-7-9-17(22)18-16-11-13-10-14(8-5-2)25-12-15(13)19(23)21(16,3)26-20(18)24/h5,8,10-12,16,18H,4,6-7,9H2,1-3H3/t16-,18-,21+/m0/s1. The second-order valence-corrected chi connectivity index (χ2v) is 7.10. The van der Waals surface area contributed by atoms with Gasteiger partial charge in [0.15, 0.2) is 5.60 Å². The maximum absolute atomic E-state index is 13.0. The molecule has 0 amide bonds. The molecule has 0 aromatic carbocycles. The van der Waals surface area contributed by atoms with E-state index in [1.54, 1.807) is 19.1 Å². The van der Waals surface area contributed by atoms with Crippen LogP contribution >= 0.6 is 0 Å². The number of hydrogen-bond donors (Lipinski definition) is 0. The summed E-state index contributed by atoms with van der Waals surface area (Å²) in [5, 5.41) is 0. The molecule has 3 atom stereocenters. The van der Waals surface area contributed by atoms with Gasteiger partial charge in [-0.3, -0.25) is 14.4 Å². The number of rotatable bonds is 6. The molecular formula is C21H24O5. The third-order valence-corrected chi connectivity index (χ3v) is 5.24. The SMILES string of the molecule is CC=CC1=CC2=C[C@H]3[C@@H](C(=O)CCCCC)C(=O)O[C@@]3(C)C(=O)C2=CO1. The summed E-state index contributed by atoms with van der Waals surface area (Å²) in [6, 6.07) is 0. The number of carbonyl (C=O) groups is 3. The predicted molar refractivity (Wildman–Crippen MR) is 95.8 cm³/mol. The first kappa shape index (κ1) is 18.4. The van der Waals surface area contributed by atoms with Crippen molar-refractivity contribution in [2.24, 2.45) is 11.8 Å². The van der Waals surface area contributed by atoms with E-state index < -0.39 is 23.4 Å². The molecule has 138 valence electrons. The lowest BCUT2D eigenvalue weighted by Gasteiger charge is -2.34. The van der Waals surface area contributed by atoms with Gasteiger partial charge in [0.25, 0.3) is 0 Å². The van der Waals surface area contributed by atoms with E-state index in [1.807, 2.05) is 19.1 Å². The second kappa shape index (κ2) is 7.06. The monoisotopic (exact) mass is 356 g/mol. The van der Waals surface area contributed by atoms with Gasteiger partial charge in [-0.1, -0.05) is 31.9 Å². The van der Waals surface area contributed by atoms with E-state index in [0.29, 0.717) is 23.3 Å². The molecule has 2 aliphatic heterocycles. The second-order valence-electron chi connectivity index (χ2n) is 7.10. The molecule has 5 nitrogen and oxygen atoms in total. The van der Waals surface area contributed by atoms with Gasteiger partial charge >= 0.3 is 5.97 Å². The molecule has 0 N–H and O–H groups in total. The Morgan fingerprint density at radius 2 is 2.08 bits per heavy atom. The van der Waals surface area contributed by atoms with Crippen LogP contribution in [0.25, 0.3) is 0 Å². The minimum absolute atomic E-state index is 0.140. The molecule has 0 radical (unpaired) electrons. The van der Waals surface area contributed by atoms with Crippen LogP contribution in [0.4, 0.5) is 0 Å². The van der Waals surface area contributed by atoms with E-state index in [2.05, 4.69) is 6.92 Å². The van der Waals surface area contributed by atoms with Crippen molar-refractivity contribution in [1.29, 1.82) is 0 Å². The molecule has 0 saturated carbocycles. The van der Waals surface area contributed by atoms with Gasteiger partial charge in [0.1, 0.15) is 23.7 Å². The number of ketones is 2. The Bertz CT molecular complexity index is 767. The minimum atomic E-state index is -1.34. The summed E-state index contributed by atoms with van der Waals surface area (Å²) in [7, 11) is 0. The highest BCUT2D eigenvalue weighted by Crippen LogP contribution is 2.47. The van der Waals surface area contributed by atoms with Crippen molar-refractivity contribution >= 4 is 17.5 Å². The smallest absolute Gasteiger partial charge is 0.318 e. The number of ether oxygens (including phenoxy) is 2. The van der Waals surface area contributed by atoms with Crippen molar-refractivity contribution in [2.45, 2.75) is 52.1 Å². The van der Waals surface area contributed by atoms with Crippen molar-refractivity contribution in [3.05, 3.63) is 47.5 Å². The first-order valence-electron chi connectivity index (χ1n) is 9.16. The predicted octanol–water partition coefficient (Wildman–Crippen LogP) is 3.57. The van der Waals surface area contributed by atoms with Crippen molar-refractivity contribution in [2.75, 3.05) is 0 Å². The van der Waals surface area contributed by atoms with E-state index in [1.165, 1.54) is 6.26 Å². The Labute approximate surface area is 153 Å². The topological polar surface area (TPSA) is 69.7 Å². The Kier molecular flexibility index (Phi) is 4.99. The number of fused-ring (bicyclic) bond motifs is 2. The van der Waals surface area contributed by atoms with Gasteiger partial charge < -0.3 is 9.47 Å². The van der Waals surface area contributed by atoms with E-state index in [4.69, 9.17) is 9.47 Å². The van der Waals surface area contributed by atoms with Gasteiger partial charge in [0.05, 0.1) is 5.57 Å². The number of esters is 1. The fourth-order valence-corrected chi connectivity index (χ4v) is 3.79. The maximum Gasteiger partial charge on any atom is 0.318 e. The lowest BCUT2D eigenvalue weighted by atomic mass is 9.69. The summed E-state index contributed by atoms with van der Waals surface area (Å²) in [4.78, 5) is 38.1. The lowest BCUT2D eigenvalue weighted by molar-refractivity contribution is -0.157. The van der Waals surface area contributed by atoms with E-state index in [0.717, 1.165) is 19.3 Å². The molecule has 1 fully saturated rings. The summed E-state index contributed by atoms with van der Waals surface area (Å²) in [6.45, 7) is 5.52. The zero-order valence-corrected chi connectivity index (χ0v) is 15.4. The molecule has 2 heterocycles. The van der Waals surface area contributed by atoms with Gasteiger partial charge in [0, 0.05) is 12.3 Å². The first-order valence-corrected chi connectivity index (χ1v) is 9.16. The molecule has 1 saturated heterocycles. The van der Waals surface area contributed by atoms with Gasteiger partial charge in [-0.2, -0.15) is 0 Å². The molecular weight excluding hydrogens is 332 g/mol. The molecule has 3 aliphatic rings. The van der Waals surface area contributed by atoms with Crippen molar-refractivity contribution < 1.29 is 23.9 Å². The molecule has 0 bridgehead atoms. The molecule has 5 heteroatoms. The Balaban J connectivity index is 1.95. The fraction of sp³-hybridized carbons (Fsp3) is 0.476. The summed E-state index contributed by atoms with van der Waals surface area (Å²) in [5.41, 5.74) is -0.280. The van der Waals surface area contributed by atoms with Crippen molar-refractivity contribution in [3.8, 4) is 0 Å². The Morgan fingerprint density at radius 1 is 1.31 bits per heavy atom. The summed E-state index contributed by atoms with van der Waals surface area (Å²) < 4.78 is 10.9. The van der Waals surface area contributed by atoms with Gasteiger partial charge in [0.2, 0.25) is 5.78 Å². The van der Waals surface area contributed by atoms with Crippen LogP contribution in [0.1, 0.15) is 46.5 Å². The van der Waals surface area contributed by atoms with E-state index in [9.17, 15) is 14.4 Å². The van der Waals surface area contributed by atoms with Crippen LogP contribution in [-0.4, -0.2) is 23.1 Å². The highest BCUT2D eigenvalue weighted by Gasteiger charge is 2.61. The summed E-state index contributed by atoms with van der Waals surface area (Å²) in [6.07, 6.45) is 11.6. The quantitative estimate of drug-likeness (QED) is 0.413. The Morgan fingerprint density at radius 3 is 2.77 bits per heavy atom. The van der Waals surface area contributed by atoms with Gasteiger partial charge in [-0.25, -0.2) is 0 Å². The molecule has 0 unspecified atom stereocenters. The third-order valence-electron chi connectivity index (χ3n) is 5.24. The minimum Gasteiger partial charge on any atom is -0.464 e. The zero-order valence-electron chi connectivity index (χ0n) is 15.4.